The van der Waals surface area contributed by atoms with Crippen LogP contribution in [0.4, 0.5) is 4.79 Å². The van der Waals surface area contributed by atoms with Crippen LogP contribution in [0.2, 0.25) is 0 Å². The molecule has 0 saturated carbocycles. The number of unbranched alkanes of at least 4 members (excludes halogenated alkanes) is 1. The van der Waals surface area contributed by atoms with Crippen LogP contribution in [0.25, 0.3) is 0 Å². The van der Waals surface area contributed by atoms with Crippen LogP contribution in [0.3, 0.4) is 0 Å². The highest BCUT2D eigenvalue weighted by Crippen LogP contribution is 2.33. The lowest BCUT2D eigenvalue weighted by molar-refractivity contribution is -0.152. The molecule has 1 aromatic carbocycles. The highest BCUT2D eigenvalue weighted by molar-refractivity contribution is 8.00. The predicted octanol–water partition coefficient (Wildman–Crippen LogP) is 0.742. The van der Waals surface area contributed by atoms with Crippen LogP contribution in [0.15, 0.2) is 24.3 Å². The average molecular weight is 792 g/mol. The summed E-state index contributed by atoms with van der Waals surface area (Å²) in [4.78, 5) is 76.8. The zero-order valence-electron chi connectivity index (χ0n) is 31.2. The average Bonchev–Trinajstić information content (AvgIpc) is 3.82. The summed E-state index contributed by atoms with van der Waals surface area (Å²) in [6.07, 6.45) is 3.42. The predicted molar refractivity (Wildman–Crippen MR) is 199 cm³/mol. The van der Waals surface area contributed by atoms with Crippen molar-refractivity contribution in [3.05, 3.63) is 35.4 Å². The number of nitrogens with one attached hydrogen (secondary N) is 3. The van der Waals surface area contributed by atoms with E-state index in [1.807, 2.05) is 11.8 Å². The van der Waals surface area contributed by atoms with Crippen molar-refractivity contribution < 1.29 is 57.2 Å². The normalized spacial score (nSPS) is 21.9. The fourth-order valence-electron chi connectivity index (χ4n) is 6.77. The van der Waals surface area contributed by atoms with Gasteiger partial charge in [-0.05, 0) is 31.4 Å². The van der Waals surface area contributed by atoms with Crippen LogP contribution >= 0.6 is 11.8 Å². The molecule has 18 heteroatoms. The number of thioether (sulfide) groups is 1. The van der Waals surface area contributed by atoms with Gasteiger partial charge in [0.05, 0.1) is 109 Å². The number of hydrogen-bond acceptors (Lipinski definition) is 13. The largest absolute Gasteiger partial charge is 0.377 e. The summed E-state index contributed by atoms with van der Waals surface area (Å²) in [7, 11) is 0. The molecule has 4 aliphatic rings. The maximum absolute atomic E-state index is 13.1. The van der Waals surface area contributed by atoms with Gasteiger partial charge in [0.2, 0.25) is 11.8 Å². The van der Waals surface area contributed by atoms with Crippen molar-refractivity contribution in [3.63, 3.8) is 0 Å². The number of ether oxygens (including phenoxy) is 6. The number of nitrogens with zero attached hydrogens (tertiary/aromatic N) is 2. The Balaban J connectivity index is 0.746. The van der Waals surface area contributed by atoms with Gasteiger partial charge < -0.3 is 44.4 Å². The van der Waals surface area contributed by atoms with Crippen LogP contribution in [-0.4, -0.2) is 167 Å². The number of rotatable bonds is 27. The number of fused-ring (bicyclic) bond motifs is 2. The second-order valence-electron chi connectivity index (χ2n) is 13.4. The third-order valence-electron chi connectivity index (χ3n) is 9.59. The first-order valence-corrected chi connectivity index (χ1v) is 20.1. The molecule has 4 aliphatic heterocycles. The lowest BCUT2D eigenvalue weighted by Gasteiger charge is -2.34. The topological polar surface area (TPSA) is 200 Å². The first kappa shape index (κ1) is 42.5. The fourth-order valence-corrected chi connectivity index (χ4v) is 8.31. The highest BCUT2D eigenvalue weighted by Gasteiger charge is 2.47. The van der Waals surface area contributed by atoms with E-state index in [0.717, 1.165) is 34.8 Å². The van der Waals surface area contributed by atoms with Crippen molar-refractivity contribution in [2.45, 2.75) is 61.9 Å². The highest BCUT2D eigenvalue weighted by atomic mass is 32.2. The summed E-state index contributed by atoms with van der Waals surface area (Å²) < 4.78 is 33.0. The van der Waals surface area contributed by atoms with E-state index in [9.17, 15) is 28.8 Å². The van der Waals surface area contributed by atoms with Crippen molar-refractivity contribution in [2.75, 3.05) is 98.1 Å². The van der Waals surface area contributed by atoms with Crippen molar-refractivity contribution >= 4 is 47.3 Å². The summed E-state index contributed by atoms with van der Waals surface area (Å²) in [6.45, 7) is 4.85. The molecular formula is C37H53N5O12S. The molecule has 3 N–H and O–H groups in total. The third kappa shape index (κ3) is 12.7. The number of hydrogen-bond donors (Lipinski definition) is 3. The Bertz CT molecular complexity index is 1430. The van der Waals surface area contributed by atoms with Crippen molar-refractivity contribution in [2.24, 2.45) is 0 Å². The molecule has 55 heavy (non-hydrogen) atoms. The molecule has 0 radical (unpaired) electrons. The van der Waals surface area contributed by atoms with Gasteiger partial charge in [-0.2, -0.15) is 11.8 Å². The second-order valence-corrected chi connectivity index (χ2v) is 14.6. The Morgan fingerprint density at radius 1 is 0.745 bits per heavy atom. The van der Waals surface area contributed by atoms with E-state index in [1.54, 1.807) is 24.3 Å². The monoisotopic (exact) mass is 791 g/mol. The van der Waals surface area contributed by atoms with E-state index in [4.69, 9.17) is 28.4 Å². The van der Waals surface area contributed by atoms with Gasteiger partial charge in [0.1, 0.15) is 6.04 Å². The maximum atomic E-state index is 13.1. The molecule has 0 spiro atoms. The van der Waals surface area contributed by atoms with Gasteiger partial charge in [-0.1, -0.05) is 18.6 Å². The number of likely N-dealkylation sites (tertiary alicyclic amines) is 1. The Labute approximate surface area is 325 Å². The van der Waals surface area contributed by atoms with E-state index in [2.05, 4.69) is 16.0 Å². The standard InChI is InChI=1S/C37H53N5O12S/c43-31(8-4-3-7-30-33-28(25-55-30)39-37(48)40-33)38-11-13-49-15-17-51-19-21-53-23-24-54-22-20-52-18-16-50-14-12-41-32(44)10-9-29(36(41)47)42-34(45)26-5-1-2-6-27(26)35(42)46/h1-2,5-6,28-30,33H,3-4,7-25H2,(H,38,43)(H2,39,40,48)/t28-,29?,30+,33-/m0/s1. The van der Waals surface area contributed by atoms with E-state index in [-0.39, 0.29) is 73.7 Å². The Hall–Kier alpha value is -3.65. The van der Waals surface area contributed by atoms with Crippen LogP contribution in [0.1, 0.15) is 59.2 Å². The lowest BCUT2D eigenvalue weighted by atomic mass is 10.0. The molecule has 0 aliphatic carbocycles. The number of carbonyl (C=O) groups excluding carboxylic acids is 6. The molecule has 1 aromatic rings. The summed E-state index contributed by atoms with van der Waals surface area (Å²) in [5.41, 5.74) is 0.527. The summed E-state index contributed by atoms with van der Waals surface area (Å²) in [6, 6.07) is 5.79. The number of urea groups is 1. The number of benzene rings is 1. The zero-order valence-corrected chi connectivity index (χ0v) is 32.0. The van der Waals surface area contributed by atoms with Gasteiger partial charge in [-0.15, -0.1) is 0 Å². The molecule has 4 atom stereocenters. The van der Waals surface area contributed by atoms with E-state index in [0.29, 0.717) is 84.3 Å². The van der Waals surface area contributed by atoms with E-state index in [1.165, 1.54) is 0 Å². The molecule has 3 saturated heterocycles. The molecule has 0 bridgehead atoms. The molecule has 304 valence electrons. The molecule has 0 aromatic heterocycles. The molecular weight excluding hydrogens is 738 g/mol. The molecule has 5 rings (SSSR count). The van der Waals surface area contributed by atoms with Crippen LogP contribution in [0, 0.1) is 0 Å². The lowest BCUT2D eigenvalue weighted by Crippen LogP contribution is -2.56. The molecule has 3 fully saturated rings. The SMILES string of the molecule is O=C(CCCC[C@H]1SC[C@@H]2NC(=O)N[C@@H]21)NCCOCCOCCOCCOCCOCCOCCN1C(=O)CCC(N2C(=O)c3ccccc3C2=O)C1=O. The Morgan fingerprint density at radius 3 is 1.91 bits per heavy atom. The second kappa shape index (κ2) is 22.8. The molecule has 17 nitrogen and oxygen atoms in total. The summed E-state index contributed by atoms with van der Waals surface area (Å²) in [5.74, 6) is -1.00. The zero-order chi connectivity index (χ0) is 38.8. The van der Waals surface area contributed by atoms with Crippen molar-refractivity contribution in [1.82, 2.24) is 25.8 Å². The number of carbonyl (C=O) groups is 6. The van der Waals surface area contributed by atoms with Gasteiger partial charge in [-0.25, -0.2) is 4.79 Å². The Kier molecular flexibility index (Phi) is 17.6. The third-order valence-corrected chi connectivity index (χ3v) is 11.1. The first-order chi connectivity index (χ1) is 26.8. The quantitative estimate of drug-likeness (QED) is 0.0641. The maximum Gasteiger partial charge on any atom is 0.315 e. The van der Waals surface area contributed by atoms with Gasteiger partial charge in [0.15, 0.2) is 0 Å². The van der Waals surface area contributed by atoms with E-state index < -0.39 is 23.8 Å². The smallest absolute Gasteiger partial charge is 0.315 e. The first-order valence-electron chi connectivity index (χ1n) is 19.1. The number of amides is 7. The van der Waals surface area contributed by atoms with Gasteiger partial charge in [-0.3, -0.25) is 33.8 Å². The van der Waals surface area contributed by atoms with Crippen LogP contribution in [0.5, 0.6) is 0 Å². The van der Waals surface area contributed by atoms with Crippen molar-refractivity contribution in [1.29, 1.82) is 0 Å². The van der Waals surface area contributed by atoms with Crippen LogP contribution in [-0.2, 0) is 42.8 Å². The summed E-state index contributed by atoms with van der Waals surface area (Å²) >= 11 is 1.89. The molecule has 1 unspecified atom stereocenters. The molecule has 7 amide bonds. The van der Waals surface area contributed by atoms with Crippen LogP contribution < -0.4 is 16.0 Å². The minimum absolute atomic E-state index is 0.0199. The van der Waals surface area contributed by atoms with E-state index >= 15 is 0 Å². The fraction of sp³-hybridized carbons (Fsp3) is 0.676. The van der Waals surface area contributed by atoms with Gasteiger partial charge in [0, 0.05) is 30.4 Å². The number of imide groups is 2. The summed E-state index contributed by atoms with van der Waals surface area (Å²) in [5, 5.41) is 9.24. The Morgan fingerprint density at radius 2 is 1.31 bits per heavy atom. The minimum Gasteiger partial charge on any atom is -0.377 e. The van der Waals surface area contributed by atoms with Gasteiger partial charge >= 0.3 is 6.03 Å². The minimum atomic E-state index is -1.02. The molecule has 4 heterocycles. The number of piperidine rings is 1. The van der Waals surface area contributed by atoms with Gasteiger partial charge in [0.25, 0.3) is 17.7 Å². The van der Waals surface area contributed by atoms with Crippen molar-refractivity contribution in [3.8, 4) is 0 Å².